The third-order valence-corrected chi connectivity index (χ3v) is 27.9. The van der Waals surface area contributed by atoms with Gasteiger partial charge in [0, 0.05) is 175 Å². The Morgan fingerprint density at radius 1 is 0.557 bits per heavy atom. The number of benzene rings is 6. The molecule has 604 valence electrons. The number of thioether (sulfide) groups is 2. The summed E-state index contributed by atoms with van der Waals surface area (Å²) in [6.07, 6.45) is 10.2. The number of rotatable bonds is 24. The maximum Gasteiger partial charge on any atom is 0.255 e. The van der Waals surface area contributed by atoms with Crippen molar-refractivity contribution in [1.29, 1.82) is 0 Å². The van der Waals surface area contributed by atoms with Crippen LogP contribution in [0, 0.1) is 0 Å². The van der Waals surface area contributed by atoms with E-state index in [9.17, 15) is 47.5 Å². The van der Waals surface area contributed by atoms with Crippen molar-refractivity contribution in [1.82, 2.24) is 50.6 Å². The lowest BCUT2D eigenvalue weighted by Gasteiger charge is -2.38. The molecule has 2 atom stereocenters. The van der Waals surface area contributed by atoms with Gasteiger partial charge in [0.1, 0.15) is 55.3 Å². The monoisotopic (exact) mass is 1670 g/mol. The Morgan fingerprint density at radius 3 is 1.39 bits per heavy atom. The summed E-state index contributed by atoms with van der Waals surface area (Å²) in [5, 5.41) is 10.7. The number of nitrogens with one attached hydrogen (secondary N) is 3. The number of hydrogen-bond donors (Lipinski definition) is 3. The highest BCUT2D eigenvalue weighted by molar-refractivity contribution is 8.00. The largest absolute Gasteiger partial charge is 0.496 e. The van der Waals surface area contributed by atoms with Gasteiger partial charge in [-0.25, -0.2) is 19.9 Å². The molecule has 14 rings (SSSR count). The van der Waals surface area contributed by atoms with E-state index >= 15 is 0 Å². The quantitative estimate of drug-likeness (QED) is 0.0288. The lowest BCUT2D eigenvalue weighted by Crippen LogP contribution is -2.52. The first-order valence-electron chi connectivity index (χ1n) is 38.4. The number of carbonyl (C=O) groups excluding carboxylic acids is 8. The second kappa shape index (κ2) is 37.8. The molecule has 30 heteroatoms. The van der Waals surface area contributed by atoms with Crippen LogP contribution in [-0.4, -0.2) is 199 Å². The second-order valence-electron chi connectivity index (χ2n) is 30.2. The van der Waals surface area contributed by atoms with Gasteiger partial charge in [-0.15, -0.1) is 23.5 Å². The Kier molecular flexibility index (Phi) is 28.0. The van der Waals surface area contributed by atoms with Crippen LogP contribution < -0.4 is 45.8 Å². The van der Waals surface area contributed by atoms with Gasteiger partial charge in [0.15, 0.2) is 0 Å². The van der Waals surface area contributed by atoms with Crippen molar-refractivity contribution in [3.63, 3.8) is 0 Å². The number of ketones is 1. The van der Waals surface area contributed by atoms with E-state index in [1.54, 1.807) is 77.5 Å². The molecule has 6 aliphatic heterocycles. The number of aromatic nitrogens is 4. The summed E-state index contributed by atoms with van der Waals surface area (Å²) in [5.74, 6) is 1.62. The van der Waals surface area contributed by atoms with Crippen molar-refractivity contribution in [3.8, 4) is 11.5 Å². The topological polar surface area (TPSA) is 293 Å². The van der Waals surface area contributed by atoms with Crippen LogP contribution >= 0.6 is 61.0 Å². The van der Waals surface area contributed by atoms with Gasteiger partial charge in [-0.1, -0.05) is 96.0 Å². The number of piperidine rings is 4. The number of imide groups is 2. The van der Waals surface area contributed by atoms with E-state index in [1.807, 2.05) is 91.8 Å². The summed E-state index contributed by atoms with van der Waals surface area (Å²) in [6, 6.07) is 38.3. The Labute approximate surface area is 689 Å². The molecule has 4 saturated heterocycles. The fourth-order valence-corrected chi connectivity index (χ4v) is 20.3. The second-order valence-corrected chi connectivity index (χ2v) is 39.5. The highest BCUT2D eigenvalue weighted by atomic mass is 35.5. The molecule has 4 fully saturated rings. The number of halogens is 2. The van der Waals surface area contributed by atoms with Crippen molar-refractivity contribution in [2.75, 3.05) is 102 Å². The predicted octanol–water partition coefficient (Wildman–Crippen LogP) is 11.4. The maximum absolute atomic E-state index is 13.5. The standard InChI is InChI=1S/C42H46ClN6O6PS.C27H34ClN4O2P.C16H16N2O4S/c1-47(40(51)25-57-37-11-7-9-30-31(37)24-49(42(30)53)34-14-15-39(50)46-41(34)52)28-16-18-48(19-17-28)29-13-12-26(35(22-29)55-2)21-38-44-23-32(43)33(45-38)20-27-8-5-6-10-36(27)56(3,4)54;1-29-21-11-13-32(14-12-21)22-10-9-19(25(17-22)34-2)16-27-30-18-23(28)24(31-27)15-20-7-5-6-8-26(20)35(3,4)33;1-9(19)8-23-13-4-2-3-10-11(13)7-18(16(10)22)12-5-6-14(20)17-15(12)21/h5-13,22-23,28,34H,14-21,24-25H2,1-4H3,(H,46,50,52);5-10,17-18,21,29H,11-16H2,1-4H3;2-4,12H,5-8H2,1H3,(H,17,20,21). The zero-order valence-electron chi connectivity index (χ0n) is 66.0. The van der Waals surface area contributed by atoms with E-state index in [4.69, 9.17) is 42.6 Å². The number of Topliss-reactive ketones (excluding diaryl/α,β-unsaturated/α-hetero) is 1. The maximum atomic E-state index is 13.5. The molecule has 2 unspecified atom stereocenters. The van der Waals surface area contributed by atoms with Gasteiger partial charge < -0.3 is 48.4 Å². The summed E-state index contributed by atoms with van der Waals surface area (Å²) < 4.78 is 37.3. The Balaban J connectivity index is 0.000000178. The van der Waals surface area contributed by atoms with Gasteiger partial charge in [-0.3, -0.25) is 49.0 Å². The molecule has 8 heterocycles. The number of hydrogen-bond acceptors (Lipinski definition) is 21. The summed E-state index contributed by atoms with van der Waals surface area (Å²) in [5.41, 5.74) is 10.3. The first kappa shape index (κ1) is 85.1. The van der Waals surface area contributed by atoms with Gasteiger partial charge in [0.2, 0.25) is 29.5 Å². The summed E-state index contributed by atoms with van der Waals surface area (Å²) in [6.45, 7) is 12.9. The molecular weight excluding hydrogens is 1580 g/mol. The normalized spacial score (nSPS) is 17.2. The fraction of sp³-hybridized carbons (Fsp3) is 0.388. The Hall–Kier alpha value is -9.26. The van der Waals surface area contributed by atoms with E-state index in [-0.39, 0.29) is 66.5 Å². The van der Waals surface area contributed by atoms with Crippen LogP contribution in [0.5, 0.6) is 11.5 Å². The predicted molar refractivity (Wildman–Crippen MR) is 452 cm³/mol. The lowest BCUT2D eigenvalue weighted by atomic mass is 10.0. The number of anilines is 2. The van der Waals surface area contributed by atoms with Crippen molar-refractivity contribution in [2.45, 2.75) is 131 Å². The van der Waals surface area contributed by atoms with E-state index in [1.165, 1.54) is 45.9 Å². The van der Waals surface area contributed by atoms with Crippen LogP contribution in [0.3, 0.4) is 0 Å². The molecule has 24 nitrogen and oxygen atoms in total. The molecular formula is C85H96Cl2N12O12P2S2. The summed E-state index contributed by atoms with van der Waals surface area (Å²) >= 11 is 15.8. The van der Waals surface area contributed by atoms with E-state index < -0.39 is 38.2 Å². The van der Waals surface area contributed by atoms with E-state index in [2.05, 4.69) is 60.0 Å². The van der Waals surface area contributed by atoms with Crippen LogP contribution in [0.2, 0.25) is 10.0 Å². The number of ether oxygens (including phenoxy) is 2. The van der Waals surface area contributed by atoms with E-state index in [0.717, 1.165) is 129 Å². The van der Waals surface area contributed by atoms with Gasteiger partial charge in [0.25, 0.3) is 11.8 Å². The minimum absolute atomic E-state index is 0.0148. The molecule has 6 aromatic carbocycles. The van der Waals surface area contributed by atoms with Crippen LogP contribution in [0.15, 0.2) is 144 Å². The molecule has 7 amide bonds. The Bertz CT molecular complexity index is 5150. The van der Waals surface area contributed by atoms with Gasteiger partial charge >= 0.3 is 0 Å². The summed E-state index contributed by atoms with van der Waals surface area (Å²) in [7, 11) is 2.35. The first-order chi connectivity index (χ1) is 55.0. The Morgan fingerprint density at radius 2 is 0.983 bits per heavy atom. The minimum atomic E-state index is -2.49. The average molecular weight is 1670 g/mol. The number of methoxy groups -OCH3 is 2. The van der Waals surface area contributed by atoms with Gasteiger partial charge in [-0.05, 0) is 138 Å². The third-order valence-electron chi connectivity index (χ3n) is 21.7. The molecule has 115 heavy (non-hydrogen) atoms. The van der Waals surface area contributed by atoms with Crippen molar-refractivity contribution < 1.29 is 57.0 Å². The zero-order valence-corrected chi connectivity index (χ0v) is 71.0. The molecule has 0 spiro atoms. The molecule has 2 aromatic heterocycles. The number of amides is 7. The molecule has 0 bridgehead atoms. The van der Waals surface area contributed by atoms with Crippen molar-refractivity contribution in [3.05, 3.63) is 211 Å². The van der Waals surface area contributed by atoms with Crippen molar-refractivity contribution >= 4 is 130 Å². The van der Waals surface area contributed by atoms with Gasteiger partial charge in [0.05, 0.1) is 47.2 Å². The molecule has 6 aliphatic rings. The highest BCUT2D eigenvalue weighted by Crippen LogP contribution is 2.41. The van der Waals surface area contributed by atoms with Crippen LogP contribution in [-0.2, 0) is 76.7 Å². The number of nitrogens with zero attached hydrogens (tertiary/aromatic N) is 9. The molecule has 0 aliphatic carbocycles. The van der Waals surface area contributed by atoms with Crippen LogP contribution in [0.4, 0.5) is 11.4 Å². The van der Waals surface area contributed by atoms with Crippen LogP contribution in [0.1, 0.15) is 135 Å². The third kappa shape index (κ3) is 20.8. The number of carbonyl (C=O) groups is 8. The SMILES string of the molecule is CC(=O)CSc1cccc2c1CN(C1CCC(=O)NC1=O)C2=O.CNC1CCN(c2ccc(Cc3ncc(Cl)c(Cc4ccccc4P(C)(C)=O)n3)c(OC)c2)CC1.COc1cc(N2CCC(N(C)C(=O)CSc3cccc4c3CN(C3CCC(=O)NC3=O)C4=O)CC2)ccc1Cc1ncc(Cl)c(Cc2ccccc2P(C)(C)=O)n1. The highest BCUT2D eigenvalue weighted by Gasteiger charge is 2.42. The number of fused-ring (bicyclic) bond motifs is 2. The van der Waals surface area contributed by atoms with Crippen LogP contribution in [0.25, 0.3) is 0 Å². The first-order valence-corrected chi connectivity index (χ1v) is 46.3. The minimum Gasteiger partial charge on any atom is -0.496 e. The molecule has 0 saturated carbocycles. The van der Waals surface area contributed by atoms with E-state index in [0.29, 0.717) is 95.4 Å². The molecule has 8 aromatic rings. The average Bonchev–Trinajstić information content (AvgIpc) is 1.63. The van der Waals surface area contributed by atoms with Gasteiger partial charge in [-0.2, -0.15) is 0 Å². The van der Waals surface area contributed by atoms with Crippen molar-refractivity contribution in [2.24, 2.45) is 0 Å². The fourth-order valence-electron chi connectivity index (χ4n) is 15.5. The molecule has 3 N–H and O–H groups in total. The summed E-state index contributed by atoms with van der Waals surface area (Å²) in [4.78, 5) is 128. The lowest BCUT2D eigenvalue weighted by molar-refractivity contribution is -0.138. The smallest absolute Gasteiger partial charge is 0.255 e. The zero-order chi connectivity index (χ0) is 82.0. The molecule has 0 radical (unpaired) electrons.